The maximum absolute atomic E-state index is 5.10. The number of nitrogens with zero attached hydrogens (tertiary/aromatic N) is 1. The van der Waals surface area contributed by atoms with Gasteiger partial charge in [-0.05, 0) is 30.5 Å². The van der Waals surface area contributed by atoms with Crippen LogP contribution in [0.1, 0.15) is 50.1 Å². The van der Waals surface area contributed by atoms with E-state index < -0.39 is 0 Å². The summed E-state index contributed by atoms with van der Waals surface area (Å²) in [5.74, 6) is 1.12. The highest BCUT2D eigenvalue weighted by Gasteiger charge is 2.22. The quantitative estimate of drug-likeness (QED) is 0.713. The van der Waals surface area contributed by atoms with Gasteiger partial charge in [-0.3, -0.25) is 4.99 Å². The predicted molar refractivity (Wildman–Crippen MR) is 109 cm³/mol. The van der Waals surface area contributed by atoms with Crippen LogP contribution in [0.5, 0.6) is 0 Å². The van der Waals surface area contributed by atoms with Crippen LogP contribution >= 0.6 is 12.4 Å². The summed E-state index contributed by atoms with van der Waals surface area (Å²) < 4.78 is 0. The molecule has 1 atom stereocenters. The van der Waals surface area contributed by atoms with Gasteiger partial charge in [0.1, 0.15) is 5.84 Å². The van der Waals surface area contributed by atoms with E-state index in [4.69, 9.17) is 4.99 Å². The molecule has 1 saturated carbocycles. The summed E-state index contributed by atoms with van der Waals surface area (Å²) >= 11 is 0. The van der Waals surface area contributed by atoms with Crippen molar-refractivity contribution >= 4 is 29.6 Å². The number of amidine groups is 1. The Bertz CT molecular complexity index is 708. The monoisotopic (exact) mass is 355 g/mol. The van der Waals surface area contributed by atoms with E-state index in [1.807, 2.05) is 0 Å². The second kappa shape index (κ2) is 8.39. The van der Waals surface area contributed by atoms with Gasteiger partial charge in [0, 0.05) is 6.42 Å². The molecule has 1 heterocycles. The molecule has 2 aliphatic rings. The molecule has 1 aliphatic heterocycles. The Balaban J connectivity index is 0.00000182. The maximum atomic E-state index is 5.10. The van der Waals surface area contributed by atoms with Gasteiger partial charge >= 0.3 is 0 Å². The van der Waals surface area contributed by atoms with Crippen molar-refractivity contribution < 1.29 is 0 Å². The molecule has 2 aromatic rings. The molecule has 1 fully saturated rings. The summed E-state index contributed by atoms with van der Waals surface area (Å²) in [4.78, 5) is 5.10. The lowest BCUT2D eigenvalue weighted by Crippen LogP contribution is -2.20. The number of hydrogen-bond acceptors (Lipinski definition) is 2. The number of halogens is 1. The fourth-order valence-electron chi connectivity index (χ4n) is 3.76. The van der Waals surface area contributed by atoms with E-state index in [2.05, 4.69) is 65.2 Å². The molecule has 0 bridgehead atoms. The third-order valence-electron chi connectivity index (χ3n) is 5.05. The zero-order valence-corrected chi connectivity index (χ0v) is 15.3. The molecule has 2 N–H and O–H groups in total. The molecular weight excluding hydrogens is 330 g/mol. The first-order valence-electron chi connectivity index (χ1n) is 9.13. The summed E-state index contributed by atoms with van der Waals surface area (Å²) in [6.07, 6.45) is 7.37. The summed E-state index contributed by atoms with van der Waals surface area (Å²) in [7, 11) is 0. The molecule has 1 unspecified atom stereocenters. The molecule has 4 heteroatoms. The Morgan fingerprint density at radius 1 is 0.800 bits per heavy atom. The largest absolute Gasteiger partial charge is 0.376 e. The summed E-state index contributed by atoms with van der Waals surface area (Å²) in [5, 5.41) is 7.29. The maximum Gasteiger partial charge on any atom is 0.103 e. The highest BCUT2D eigenvalue weighted by Crippen LogP contribution is 2.32. The highest BCUT2D eigenvalue weighted by atomic mass is 35.5. The van der Waals surface area contributed by atoms with E-state index in [0.717, 1.165) is 23.6 Å². The van der Waals surface area contributed by atoms with Crippen LogP contribution in [0, 0.1) is 0 Å². The Kier molecular flexibility index (Phi) is 5.98. The van der Waals surface area contributed by atoms with E-state index in [-0.39, 0.29) is 18.4 Å². The lowest BCUT2D eigenvalue weighted by molar-refractivity contribution is 0.442. The van der Waals surface area contributed by atoms with E-state index in [0.29, 0.717) is 6.04 Å². The summed E-state index contributed by atoms with van der Waals surface area (Å²) in [6, 6.07) is 19.9. The minimum atomic E-state index is 0. The molecule has 0 spiro atoms. The number of fused-ring (bicyclic) bond motifs is 1. The standard InChI is InChI=1S/C21H25N3.ClH/c1-3-9-16(10-4-1)20-15-21(22-17-11-5-2-6-12-17)24-19-14-8-7-13-18(19)23-20;/h1,3-4,7-10,13-14,17,20,23H,2,5-6,11-12,15H2,(H,22,24);1H. The first kappa shape index (κ1) is 17.8. The van der Waals surface area contributed by atoms with Crippen molar-refractivity contribution in [1.29, 1.82) is 0 Å². The van der Waals surface area contributed by atoms with E-state index >= 15 is 0 Å². The predicted octanol–water partition coefficient (Wildman–Crippen LogP) is 5.81. The molecule has 2 aromatic carbocycles. The molecule has 0 aromatic heterocycles. The van der Waals surface area contributed by atoms with Crippen molar-refractivity contribution in [1.82, 2.24) is 0 Å². The van der Waals surface area contributed by atoms with E-state index in [1.54, 1.807) is 0 Å². The molecule has 0 radical (unpaired) electrons. The zero-order chi connectivity index (χ0) is 16.2. The van der Waals surface area contributed by atoms with Crippen LogP contribution in [0.3, 0.4) is 0 Å². The van der Waals surface area contributed by atoms with E-state index in [1.165, 1.54) is 37.7 Å². The second-order valence-corrected chi connectivity index (χ2v) is 6.85. The van der Waals surface area contributed by atoms with Crippen LogP contribution < -0.4 is 10.6 Å². The molecule has 0 saturated heterocycles. The van der Waals surface area contributed by atoms with Gasteiger partial charge in [-0.25, -0.2) is 0 Å². The van der Waals surface area contributed by atoms with Crippen molar-refractivity contribution in [2.24, 2.45) is 4.99 Å². The highest BCUT2D eigenvalue weighted by molar-refractivity contribution is 6.00. The van der Waals surface area contributed by atoms with Crippen molar-refractivity contribution in [3.05, 3.63) is 60.2 Å². The number of aliphatic imine (C=N–C) groups is 1. The van der Waals surface area contributed by atoms with E-state index in [9.17, 15) is 0 Å². The van der Waals surface area contributed by atoms with Crippen LogP contribution in [-0.4, -0.2) is 11.9 Å². The Morgan fingerprint density at radius 3 is 2.24 bits per heavy atom. The molecule has 132 valence electrons. The minimum Gasteiger partial charge on any atom is -0.376 e. The van der Waals surface area contributed by atoms with Gasteiger partial charge < -0.3 is 10.6 Å². The van der Waals surface area contributed by atoms with Gasteiger partial charge in [0.05, 0.1) is 23.5 Å². The van der Waals surface area contributed by atoms with Crippen LogP contribution in [0.25, 0.3) is 0 Å². The molecular formula is C21H26ClN3. The average molecular weight is 356 g/mol. The lowest BCUT2D eigenvalue weighted by atomic mass is 9.96. The lowest BCUT2D eigenvalue weighted by Gasteiger charge is -2.21. The van der Waals surface area contributed by atoms with Crippen molar-refractivity contribution in [2.75, 3.05) is 10.6 Å². The minimum absolute atomic E-state index is 0. The normalized spacial score (nSPS) is 22.1. The van der Waals surface area contributed by atoms with Gasteiger partial charge in [-0.2, -0.15) is 0 Å². The summed E-state index contributed by atoms with van der Waals surface area (Å²) in [5.41, 5.74) is 3.60. The SMILES string of the molecule is Cl.c1ccc(C2CC(=NC3CCCCC3)Nc3ccccc3N2)cc1. The van der Waals surface area contributed by atoms with Crippen molar-refractivity contribution in [2.45, 2.75) is 50.6 Å². The van der Waals surface area contributed by atoms with Crippen LogP contribution in [0.15, 0.2) is 59.6 Å². The number of benzene rings is 2. The Hall–Kier alpha value is -2.00. The first-order valence-corrected chi connectivity index (χ1v) is 9.13. The van der Waals surface area contributed by atoms with Gasteiger partial charge in [-0.15, -0.1) is 12.4 Å². The smallest absolute Gasteiger partial charge is 0.103 e. The third-order valence-corrected chi connectivity index (χ3v) is 5.05. The molecule has 0 amide bonds. The molecule has 25 heavy (non-hydrogen) atoms. The molecule has 1 aliphatic carbocycles. The van der Waals surface area contributed by atoms with Crippen LogP contribution in [-0.2, 0) is 0 Å². The number of para-hydroxylation sites is 2. The Labute approximate surface area is 156 Å². The fourth-order valence-corrected chi connectivity index (χ4v) is 3.76. The van der Waals surface area contributed by atoms with Crippen LogP contribution in [0.2, 0.25) is 0 Å². The fraction of sp³-hybridized carbons (Fsp3) is 0.381. The molecule has 4 rings (SSSR count). The summed E-state index contributed by atoms with van der Waals surface area (Å²) in [6.45, 7) is 0. The topological polar surface area (TPSA) is 36.4 Å². The number of nitrogens with one attached hydrogen (secondary N) is 2. The van der Waals surface area contributed by atoms with Gasteiger partial charge in [-0.1, -0.05) is 61.7 Å². The van der Waals surface area contributed by atoms with Crippen molar-refractivity contribution in [3.8, 4) is 0 Å². The number of anilines is 2. The first-order chi connectivity index (χ1) is 11.9. The van der Waals surface area contributed by atoms with Crippen molar-refractivity contribution in [3.63, 3.8) is 0 Å². The number of hydrogen-bond donors (Lipinski definition) is 2. The Morgan fingerprint density at radius 2 is 1.48 bits per heavy atom. The second-order valence-electron chi connectivity index (χ2n) is 6.85. The van der Waals surface area contributed by atoms with Gasteiger partial charge in [0.25, 0.3) is 0 Å². The van der Waals surface area contributed by atoms with Crippen LogP contribution in [0.4, 0.5) is 11.4 Å². The molecule has 3 nitrogen and oxygen atoms in total. The van der Waals surface area contributed by atoms with Gasteiger partial charge in [0.2, 0.25) is 0 Å². The zero-order valence-electron chi connectivity index (χ0n) is 14.4. The van der Waals surface area contributed by atoms with Gasteiger partial charge in [0.15, 0.2) is 0 Å². The number of rotatable bonds is 2. The average Bonchev–Trinajstić information content (AvgIpc) is 2.82. The third kappa shape index (κ3) is 4.35.